The molecule has 0 unspecified atom stereocenters. The van der Waals surface area contributed by atoms with E-state index >= 15 is 0 Å². The lowest BCUT2D eigenvalue weighted by Crippen LogP contribution is -2.51. The molecule has 154 valence electrons. The van der Waals surface area contributed by atoms with Crippen molar-refractivity contribution in [3.63, 3.8) is 0 Å². The summed E-state index contributed by atoms with van der Waals surface area (Å²) in [6.07, 6.45) is 3.19. The third-order valence-electron chi connectivity index (χ3n) is 5.91. The first-order chi connectivity index (χ1) is 13.5. The van der Waals surface area contributed by atoms with Gasteiger partial charge in [-0.25, -0.2) is 8.42 Å². The molecule has 4 rings (SSSR count). The number of hydrogen-bond donors (Lipinski definition) is 0. The van der Waals surface area contributed by atoms with E-state index in [1.54, 1.807) is 12.1 Å². The van der Waals surface area contributed by atoms with E-state index < -0.39 is 10.0 Å². The molecule has 0 N–H and O–H groups in total. The number of carbonyl (C=O) groups is 1. The lowest BCUT2D eigenvalue weighted by Gasteiger charge is -2.39. The number of rotatable bonds is 4. The highest BCUT2D eigenvalue weighted by molar-refractivity contribution is 7.89. The van der Waals surface area contributed by atoms with Crippen LogP contribution in [0.15, 0.2) is 23.1 Å². The second kappa shape index (κ2) is 8.18. The number of nitrogens with zero attached hydrogens (tertiary/aromatic N) is 3. The Kier molecular flexibility index (Phi) is 5.83. The van der Waals surface area contributed by atoms with Crippen molar-refractivity contribution in [3.8, 4) is 0 Å². The van der Waals surface area contributed by atoms with E-state index in [1.807, 2.05) is 4.90 Å². The SMILES string of the molecule is O=C(C1CCC1)N1CCN(c2ccc(S(=O)(=O)N3CCOCC3)cc2Cl)CC1. The zero-order chi connectivity index (χ0) is 19.7. The molecule has 2 heterocycles. The average Bonchev–Trinajstić information content (AvgIpc) is 2.67. The molecule has 1 amide bonds. The summed E-state index contributed by atoms with van der Waals surface area (Å²) in [7, 11) is -3.56. The van der Waals surface area contributed by atoms with Gasteiger partial charge in [-0.1, -0.05) is 18.0 Å². The first-order valence-electron chi connectivity index (χ1n) is 9.88. The third kappa shape index (κ3) is 3.87. The lowest BCUT2D eigenvalue weighted by atomic mass is 9.84. The summed E-state index contributed by atoms with van der Waals surface area (Å²) < 4.78 is 32.3. The molecule has 0 aromatic heterocycles. The van der Waals surface area contributed by atoms with Crippen molar-refractivity contribution >= 4 is 33.2 Å². The number of benzene rings is 1. The number of piperazine rings is 1. The summed E-state index contributed by atoms with van der Waals surface area (Å²) in [5.74, 6) is 0.503. The van der Waals surface area contributed by atoms with Crippen LogP contribution in [0.2, 0.25) is 5.02 Å². The lowest BCUT2D eigenvalue weighted by molar-refractivity contribution is -0.138. The molecular weight excluding hydrogens is 402 g/mol. The summed E-state index contributed by atoms with van der Waals surface area (Å²) in [6.45, 7) is 4.31. The normalized spacial score (nSPS) is 22.2. The van der Waals surface area contributed by atoms with Gasteiger partial charge in [-0.3, -0.25) is 4.79 Å². The number of carbonyl (C=O) groups excluding carboxylic acids is 1. The Morgan fingerprint density at radius 2 is 1.71 bits per heavy atom. The van der Waals surface area contributed by atoms with Crippen LogP contribution in [0.1, 0.15) is 19.3 Å². The van der Waals surface area contributed by atoms with Gasteiger partial charge in [0.15, 0.2) is 0 Å². The Hall–Kier alpha value is -1.35. The molecule has 3 aliphatic rings. The molecule has 1 aromatic rings. The van der Waals surface area contributed by atoms with Crippen LogP contribution >= 0.6 is 11.6 Å². The number of hydrogen-bond acceptors (Lipinski definition) is 5. The molecule has 2 saturated heterocycles. The van der Waals surface area contributed by atoms with Crippen LogP contribution in [0.4, 0.5) is 5.69 Å². The number of halogens is 1. The minimum atomic E-state index is -3.56. The van der Waals surface area contributed by atoms with E-state index in [0.717, 1.165) is 24.9 Å². The van der Waals surface area contributed by atoms with Crippen LogP contribution in [0.5, 0.6) is 0 Å². The Morgan fingerprint density at radius 3 is 2.29 bits per heavy atom. The van der Waals surface area contributed by atoms with Gasteiger partial charge in [-0.2, -0.15) is 4.31 Å². The predicted molar refractivity (Wildman–Crippen MR) is 107 cm³/mol. The van der Waals surface area contributed by atoms with Gasteiger partial charge in [-0.05, 0) is 31.0 Å². The number of morpholine rings is 1. The minimum Gasteiger partial charge on any atom is -0.379 e. The quantitative estimate of drug-likeness (QED) is 0.732. The van der Waals surface area contributed by atoms with E-state index in [-0.39, 0.29) is 16.7 Å². The molecule has 0 radical (unpaired) electrons. The van der Waals surface area contributed by atoms with Gasteiger partial charge in [0.2, 0.25) is 15.9 Å². The zero-order valence-corrected chi connectivity index (χ0v) is 17.4. The Morgan fingerprint density at radius 1 is 1.04 bits per heavy atom. The van der Waals surface area contributed by atoms with Crippen LogP contribution in [-0.4, -0.2) is 76.0 Å². The highest BCUT2D eigenvalue weighted by Gasteiger charge is 2.32. The fourth-order valence-electron chi connectivity index (χ4n) is 3.92. The summed E-state index contributed by atoms with van der Waals surface area (Å²) in [4.78, 5) is 16.7. The highest BCUT2D eigenvalue weighted by Crippen LogP contribution is 2.32. The molecular formula is C19H26ClN3O4S. The van der Waals surface area contributed by atoms with Crippen molar-refractivity contribution < 1.29 is 17.9 Å². The van der Waals surface area contributed by atoms with E-state index in [4.69, 9.17) is 16.3 Å². The topological polar surface area (TPSA) is 70.2 Å². The maximum atomic E-state index is 12.8. The highest BCUT2D eigenvalue weighted by atomic mass is 35.5. The summed E-state index contributed by atoms with van der Waals surface area (Å²) in [5.41, 5.74) is 0.818. The molecule has 0 bridgehead atoms. The van der Waals surface area contributed by atoms with Gasteiger partial charge in [-0.15, -0.1) is 0 Å². The van der Waals surface area contributed by atoms with Crippen LogP contribution in [-0.2, 0) is 19.6 Å². The first-order valence-corrected chi connectivity index (χ1v) is 11.7. The molecule has 2 aliphatic heterocycles. The Bertz CT molecular complexity index is 830. The fourth-order valence-corrected chi connectivity index (χ4v) is 5.72. The van der Waals surface area contributed by atoms with Gasteiger partial charge in [0.1, 0.15) is 0 Å². The molecule has 1 saturated carbocycles. The molecule has 3 fully saturated rings. The largest absolute Gasteiger partial charge is 0.379 e. The molecule has 1 aromatic carbocycles. The summed E-state index contributed by atoms with van der Waals surface area (Å²) in [6, 6.07) is 4.94. The number of amides is 1. The van der Waals surface area contributed by atoms with Crippen molar-refractivity contribution in [2.75, 3.05) is 57.4 Å². The number of anilines is 1. The van der Waals surface area contributed by atoms with Crippen molar-refractivity contribution in [3.05, 3.63) is 23.2 Å². The average molecular weight is 428 g/mol. The summed E-state index contributed by atoms with van der Waals surface area (Å²) in [5, 5.41) is 0.424. The molecule has 28 heavy (non-hydrogen) atoms. The van der Waals surface area contributed by atoms with Gasteiger partial charge in [0.05, 0.1) is 28.8 Å². The van der Waals surface area contributed by atoms with E-state index in [2.05, 4.69) is 4.90 Å². The van der Waals surface area contributed by atoms with Gasteiger partial charge < -0.3 is 14.5 Å². The number of ether oxygens (including phenoxy) is 1. The van der Waals surface area contributed by atoms with E-state index in [1.165, 1.54) is 10.4 Å². The van der Waals surface area contributed by atoms with Crippen molar-refractivity contribution in [2.24, 2.45) is 5.92 Å². The van der Waals surface area contributed by atoms with E-state index in [0.29, 0.717) is 57.5 Å². The third-order valence-corrected chi connectivity index (χ3v) is 8.11. The van der Waals surface area contributed by atoms with Gasteiger partial charge >= 0.3 is 0 Å². The Balaban J connectivity index is 1.43. The van der Waals surface area contributed by atoms with Crippen molar-refractivity contribution in [1.82, 2.24) is 9.21 Å². The van der Waals surface area contributed by atoms with Crippen LogP contribution in [0.3, 0.4) is 0 Å². The smallest absolute Gasteiger partial charge is 0.243 e. The summed E-state index contributed by atoms with van der Waals surface area (Å²) >= 11 is 6.46. The van der Waals surface area contributed by atoms with E-state index in [9.17, 15) is 13.2 Å². The fraction of sp³-hybridized carbons (Fsp3) is 0.632. The first kappa shape index (κ1) is 19.9. The van der Waals surface area contributed by atoms with Crippen molar-refractivity contribution in [2.45, 2.75) is 24.2 Å². The van der Waals surface area contributed by atoms with Gasteiger partial charge in [0.25, 0.3) is 0 Å². The molecule has 9 heteroatoms. The second-order valence-corrected chi connectivity index (χ2v) is 9.91. The minimum absolute atomic E-state index is 0.210. The molecule has 0 atom stereocenters. The van der Waals surface area contributed by atoms with Crippen molar-refractivity contribution in [1.29, 1.82) is 0 Å². The number of sulfonamides is 1. The Labute approximate surface area is 171 Å². The predicted octanol–water partition coefficient (Wildman–Crippen LogP) is 1.81. The van der Waals surface area contributed by atoms with Crippen LogP contribution < -0.4 is 4.90 Å². The maximum absolute atomic E-state index is 12.8. The second-order valence-electron chi connectivity index (χ2n) is 7.57. The molecule has 1 aliphatic carbocycles. The standard InChI is InChI=1S/C19H26ClN3O4S/c20-17-14-16(28(25,26)23-10-12-27-13-11-23)4-5-18(17)21-6-8-22(9-7-21)19(24)15-2-1-3-15/h4-5,14-15H,1-3,6-13H2. The van der Waals surface area contributed by atoms with Crippen LogP contribution in [0.25, 0.3) is 0 Å². The zero-order valence-electron chi connectivity index (χ0n) is 15.8. The monoisotopic (exact) mass is 427 g/mol. The van der Waals surface area contributed by atoms with Crippen LogP contribution in [0, 0.1) is 5.92 Å². The maximum Gasteiger partial charge on any atom is 0.243 e. The molecule has 7 nitrogen and oxygen atoms in total. The van der Waals surface area contributed by atoms with Gasteiger partial charge in [0, 0.05) is 45.2 Å². The molecule has 0 spiro atoms.